The van der Waals surface area contributed by atoms with Crippen molar-refractivity contribution in [3.63, 3.8) is 0 Å². The maximum absolute atomic E-state index is 12.1. The zero-order chi connectivity index (χ0) is 21.6. The predicted molar refractivity (Wildman–Crippen MR) is 108 cm³/mol. The normalized spacial score (nSPS) is 16.3. The largest absolute Gasteiger partial charge is 0.456 e. The summed E-state index contributed by atoms with van der Waals surface area (Å²) in [5.41, 5.74) is 0.910. The number of ether oxygens (including phenoxy) is 1. The van der Waals surface area contributed by atoms with Crippen LogP contribution in [0.15, 0.2) is 24.3 Å². The first-order valence-corrected chi connectivity index (χ1v) is 9.83. The fraction of sp³-hybridized carbons (Fsp3) is 0.524. The molecule has 1 aromatic carbocycles. The molecule has 0 unspecified atom stereocenters. The van der Waals surface area contributed by atoms with Crippen LogP contribution in [0.4, 0.5) is 10.5 Å². The van der Waals surface area contributed by atoms with Gasteiger partial charge in [0, 0.05) is 18.7 Å². The lowest BCUT2D eigenvalue weighted by molar-refractivity contribution is -0.147. The van der Waals surface area contributed by atoms with Gasteiger partial charge in [0.15, 0.2) is 6.61 Å². The monoisotopic (exact) mass is 403 g/mol. The highest BCUT2D eigenvalue weighted by Gasteiger charge is 2.43. The van der Waals surface area contributed by atoms with Crippen molar-refractivity contribution in [3.05, 3.63) is 29.8 Å². The molecule has 0 radical (unpaired) electrons. The van der Waals surface area contributed by atoms with E-state index in [1.54, 1.807) is 13.8 Å². The molecule has 1 fully saturated rings. The lowest BCUT2D eigenvalue weighted by Gasteiger charge is -2.15. The van der Waals surface area contributed by atoms with Gasteiger partial charge in [0.1, 0.15) is 5.54 Å². The summed E-state index contributed by atoms with van der Waals surface area (Å²) in [6.07, 6.45) is 1.32. The van der Waals surface area contributed by atoms with Crippen LogP contribution in [0.1, 0.15) is 58.4 Å². The van der Waals surface area contributed by atoms with E-state index in [0.29, 0.717) is 11.6 Å². The number of esters is 1. The molecule has 0 aromatic heterocycles. The summed E-state index contributed by atoms with van der Waals surface area (Å²) >= 11 is 0. The number of rotatable bonds is 9. The molecule has 29 heavy (non-hydrogen) atoms. The van der Waals surface area contributed by atoms with Gasteiger partial charge in [0.05, 0.1) is 0 Å². The Hall–Kier alpha value is -2.90. The number of hydrogen-bond donors (Lipinski definition) is 2. The molecule has 1 aliphatic rings. The van der Waals surface area contributed by atoms with E-state index in [9.17, 15) is 19.2 Å². The van der Waals surface area contributed by atoms with Crippen LogP contribution in [-0.4, -0.2) is 47.4 Å². The van der Waals surface area contributed by atoms with Crippen molar-refractivity contribution in [2.75, 3.05) is 18.5 Å². The quantitative estimate of drug-likeness (QED) is 0.487. The van der Waals surface area contributed by atoms with Gasteiger partial charge in [-0.25, -0.2) is 4.79 Å². The third-order valence-electron chi connectivity index (χ3n) is 4.95. The van der Waals surface area contributed by atoms with E-state index in [4.69, 9.17) is 4.74 Å². The van der Waals surface area contributed by atoms with Gasteiger partial charge < -0.3 is 15.4 Å². The molecule has 2 rings (SSSR count). The summed E-state index contributed by atoms with van der Waals surface area (Å²) in [7, 11) is 0. The van der Waals surface area contributed by atoms with Crippen molar-refractivity contribution in [3.8, 4) is 0 Å². The van der Waals surface area contributed by atoms with Gasteiger partial charge in [-0.2, -0.15) is 0 Å². The molecule has 1 heterocycles. The number of carbonyl (C=O) groups is 4. The first-order chi connectivity index (χ1) is 13.6. The molecule has 1 aromatic rings. The van der Waals surface area contributed by atoms with Crippen LogP contribution >= 0.6 is 0 Å². The SMILES string of the molecule is CC[C@@H](C)c1ccc(NC(=O)COC(=O)CCCN2C(=O)NC(C)(C)C2=O)cc1. The smallest absolute Gasteiger partial charge is 0.325 e. The second kappa shape index (κ2) is 9.54. The number of nitrogens with one attached hydrogen (secondary N) is 2. The van der Waals surface area contributed by atoms with E-state index in [2.05, 4.69) is 24.5 Å². The van der Waals surface area contributed by atoms with Crippen LogP contribution in [0.2, 0.25) is 0 Å². The van der Waals surface area contributed by atoms with Gasteiger partial charge in [-0.15, -0.1) is 0 Å². The maximum Gasteiger partial charge on any atom is 0.325 e. The number of benzene rings is 1. The van der Waals surface area contributed by atoms with Crippen molar-refractivity contribution in [1.82, 2.24) is 10.2 Å². The van der Waals surface area contributed by atoms with Crippen LogP contribution in [0.3, 0.4) is 0 Å². The first-order valence-electron chi connectivity index (χ1n) is 9.83. The van der Waals surface area contributed by atoms with E-state index in [-0.39, 0.29) is 31.9 Å². The summed E-state index contributed by atoms with van der Waals surface area (Å²) in [6.45, 7) is 7.24. The molecule has 1 saturated heterocycles. The molecule has 1 atom stereocenters. The van der Waals surface area contributed by atoms with Gasteiger partial charge >= 0.3 is 12.0 Å². The number of urea groups is 1. The van der Waals surface area contributed by atoms with E-state index >= 15 is 0 Å². The molecule has 1 aliphatic heterocycles. The van der Waals surface area contributed by atoms with Gasteiger partial charge in [-0.3, -0.25) is 19.3 Å². The Labute approximate surface area is 171 Å². The Kier molecular flexibility index (Phi) is 7.36. The Morgan fingerprint density at radius 3 is 2.41 bits per heavy atom. The van der Waals surface area contributed by atoms with Gasteiger partial charge in [0.2, 0.25) is 0 Å². The molecule has 0 bridgehead atoms. The van der Waals surface area contributed by atoms with E-state index < -0.39 is 23.4 Å². The summed E-state index contributed by atoms with van der Waals surface area (Å²) in [4.78, 5) is 48.7. The molecular weight excluding hydrogens is 374 g/mol. The molecule has 2 N–H and O–H groups in total. The zero-order valence-corrected chi connectivity index (χ0v) is 17.4. The van der Waals surface area contributed by atoms with Gasteiger partial charge in [-0.1, -0.05) is 26.0 Å². The highest BCUT2D eigenvalue weighted by atomic mass is 16.5. The van der Waals surface area contributed by atoms with Crippen LogP contribution in [-0.2, 0) is 19.1 Å². The first kappa shape index (κ1) is 22.4. The zero-order valence-electron chi connectivity index (χ0n) is 17.4. The Bertz CT molecular complexity index is 773. The minimum Gasteiger partial charge on any atom is -0.456 e. The second-order valence-corrected chi connectivity index (χ2v) is 7.76. The molecular formula is C21H29N3O5. The standard InChI is InChI=1S/C21H29N3O5/c1-5-14(2)15-8-10-16(11-9-15)22-17(25)13-29-18(26)7-6-12-24-19(27)21(3,4)23-20(24)28/h8-11,14H,5-7,12-13H2,1-4H3,(H,22,25)(H,23,28)/t14-/m1/s1. The van der Waals surface area contributed by atoms with E-state index in [1.807, 2.05) is 24.3 Å². The van der Waals surface area contributed by atoms with Crippen molar-refractivity contribution >= 4 is 29.5 Å². The van der Waals surface area contributed by atoms with E-state index in [1.165, 1.54) is 5.56 Å². The molecule has 0 spiro atoms. The highest BCUT2D eigenvalue weighted by Crippen LogP contribution is 2.20. The third-order valence-corrected chi connectivity index (χ3v) is 4.95. The third kappa shape index (κ3) is 6.04. The molecule has 0 aliphatic carbocycles. The molecule has 158 valence electrons. The van der Waals surface area contributed by atoms with Crippen molar-refractivity contribution in [2.45, 2.75) is 58.4 Å². The number of anilines is 1. The minimum atomic E-state index is -0.928. The predicted octanol–water partition coefficient (Wildman–Crippen LogP) is 2.79. The second-order valence-electron chi connectivity index (χ2n) is 7.76. The fourth-order valence-corrected chi connectivity index (χ4v) is 2.95. The van der Waals surface area contributed by atoms with Gasteiger partial charge in [-0.05, 0) is 50.3 Å². The lowest BCUT2D eigenvalue weighted by atomic mass is 9.99. The Morgan fingerprint density at radius 2 is 1.86 bits per heavy atom. The number of amides is 4. The summed E-state index contributed by atoms with van der Waals surface area (Å²) in [6, 6.07) is 7.11. The van der Waals surface area contributed by atoms with Crippen LogP contribution < -0.4 is 10.6 Å². The topological polar surface area (TPSA) is 105 Å². The highest BCUT2D eigenvalue weighted by molar-refractivity contribution is 6.06. The fourth-order valence-electron chi connectivity index (χ4n) is 2.95. The number of carbonyl (C=O) groups excluding carboxylic acids is 4. The van der Waals surface area contributed by atoms with Crippen molar-refractivity contribution in [1.29, 1.82) is 0 Å². The minimum absolute atomic E-state index is 0.00831. The number of hydrogen-bond acceptors (Lipinski definition) is 5. The lowest BCUT2D eigenvalue weighted by Crippen LogP contribution is -2.40. The average Bonchev–Trinajstić information content (AvgIpc) is 2.87. The Morgan fingerprint density at radius 1 is 1.21 bits per heavy atom. The average molecular weight is 403 g/mol. The van der Waals surface area contributed by atoms with Crippen LogP contribution in [0, 0.1) is 0 Å². The van der Waals surface area contributed by atoms with Crippen LogP contribution in [0.25, 0.3) is 0 Å². The number of nitrogens with zero attached hydrogens (tertiary/aromatic N) is 1. The summed E-state index contributed by atoms with van der Waals surface area (Å²) < 4.78 is 4.96. The maximum atomic E-state index is 12.1. The molecule has 0 saturated carbocycles. The van der Waals surface area contributed by atoms with Crippen LogP contribution in [0.5, 0.6) is 0 Å². The molecule has 4 amide bonds. The molecule has 8 heteroatoms. The van der Waals surface area contributed by atoms with Crippen molar-refractivity contribution < 1.29 is 23.9 Å². The van der Waals surface area contributed by atoms with Crippen molar-refractivity contribution in [2.24, 2.45) is 0 Å². The summed E-state index contributed by atoms with van der Waals surface area (Å²) in [5, 5.41) is 5.26. The summed E-state index contributed by atoms with van der Waals surface area (Å²) in [5.74, 6) is -0.854. The molecule has 8 nitrogen and oxygen atoms in total. The van der Waals surface area contributed by atoms with Gasteiger partial charge in [0.25, 0.3) is 11.8 Å². The van der Waals surface area contributed by atoms with E-state index in [0.717, 1.165) is 11.3 Å². The number of imide groups is 1. The Balaban J connectivity index is 1.69.